The first-order valence-corrected chi connectivity index (χ1v) is 12.9. The summed E-state index contributed by atoms with van der Waals surface area (Å²) in [6.45, 7) is -1.42. The van der Waals surface area contributed by atoms with Crippen molar-refractivity contribution in [3.05, 3.63) is 62.8 Å². The summed E-state index contributed by atoms with van der Waals surface area (Å²) in [5.74, 6) is -0.701. The molecule has 0 bridgehead atoms. The van der Waals surface area contributed by atoms with Crippen LogP contribution in [0.25, 0.3) is 11.0 Å². The van der Waals surface area contributed by atoms with Gasteiger partial charge in [-0.2, -0.15) is 4.31 Å². The molecule has 0 aliphatic carbocycles. The van der Waals surface area contributed by atoms with E-state index in [2.05, 4.69) is 14.0 Å². The van der Waals surface area contributed by atoms with E-state index in [1.54, 1.807) is 0 Å². The molecule has 3 unspecified atom stereocenters. The molecule has 5 N–H and O–H groups in total. The molecule has 1 fully saturated rings. The number of aliphatic hydroxyl groups is 2. The predicted octanol–water partition coefficient (Wildman–Crippen LogP) is -0.816. The SMILES string of the molecule is O=c1ccn([C@@H]2O[C@H](COP(=O)(O)OP(=O)(O)O)C(O)C2O)c(=O)n1Cc1noc2c(F)cccc12. The Kier molecular flexibility index (Phi) is 7.15. The normalized spacial score (nSPS) is 24.3. The third-order valence-electron chi connectivity index (χ3n) is 5.15. The Morgan fingerprint density at radius 2 is 1.83 bits per heavy atom. The van der Waals surface area contributed by atoms with Crippen molar-refractivity contribution in [2.24, 2.45) is 0 Å². The van der Waals surface area contributed by atoms with Crippen molar-refractivity contribution < 1.29 is 56.5 Å². The summed E-state index contributed by atoms with van der Waals surface area (Å²) in [5, 5.41) is 24.5. The quantitative estimate of drug-likeness (QED) is 0.215. The number of benzene rings is 1. The van der Waals surface area contributed by atoms with Gasteiger partial charge in [0.05, 0.1) is 13.2 Å². The number of nitrogens with zero attached hydrogens (tertiary/aromatic N) is 3. The molecule has 0 radical (unpaired) electrons. The summed E-state index contributed by atoms with van der Waals surface area (Å²) in [6, 6.07) is 4.94. The van der Waals surface area contributed by atoms with E-state index in [4.69, 9.17) is 19.0 Å². The van der Waals surface area contributed by atoms with Gasteiger partial charge in [0, 0.05) is 17.6 Å². The van der Waals surface area contributed by atoms with Gasteiger partial charge >= 0.3 is 21.3 Å². The van der Waals surface area contributed by atoms with Crippen LogP contribution in [0, 0.1) is 5.82 Å². The molecule has 0 saturated carbocycles. The molecule has 0 amide bonds. The fourth-order valence-electron chi connectivity index (χ4n) is 3.54. The smallest absolute Gasteiger partial charge is 0.387 e. The van der Waals surface area contributed by atoms with Gasteiger partial charge in [0.2, 0.25) is 5.58 Å². The summed E-state index contributed by atoms with van der Waals surface area (Å²) >= 11 is 0. The predicted molar refractivity (Wildman–Crippen MR) is 113 cm³/mol. The molecule has 1 aromatic carbocycles. The van der Waals surface area contributed by atoms with Crippen LogP contribution < -0.4 is 11.2 Å². The van der Waals surface area contributed by atoms with Gasteiger partial charge in [-0.1, -0.05) is 11.2 Å². The molecule has 2 aromatic heterocycles. The van der Waals surface area contributed by atoms with Gasteiger partial charge in [0.1, 0.15) is 24.0 Å². The highest BCUT2D eigenvalue weighted by Gasteiger charge is 2.46. The second-order valence-corrected chi connectivity index (χ2v) is 10.4. The fraction of sp³-hybridized carbons (Fsp3) is 0.353. The topological polar surface area (TPSA) is 233 Å². The first kappa shape index (κ1) is 26.5. The molecule has 1 saturated heterocycles. The van der Waals surface area contributed by atoms with Crippen LogP contribution in [0.5, 0.6) is 0 Å². The third kappa shape index (κ3) is 5.40. The van der Waals surface area contributed by atoms with E-state index >= 15 is 0 Å². The van der Waals surface area contributed by atoms with Crippen LogP contribution in [0.2, 0.25) is 0 Å². The summed E-state index contributed by atoms with van der Waals surface area (Å²) < 4.78 is 56.0. The van der Waals surface area contributed by atoms with Crippen molar-refractivity contribution in [3.63, 3.8) is 0 Å². The average molecular weight is 553 g/mol. The summed E-state index contributed by atoms with van der Waals surface area (Å²) in [4.78, 5) is 52.0. The standard InChI is InChI=1S/C17H18FN3O13P2/c18-9-3-1-2-8-10(19-33-15(8)9)6-21-12(22)4-5-20(17(21)25)16-14(24)13(23)11(32-16)7-31-36(29,30)34-35(26,27)28/h1-5,11,13-14,16,23-24H,6-7H2,(H,29,30)(H2,26,27,28)/t11-,13?,14?,16-/m1/s1. The molecule has 1 aliphatic rings. The molecule has 0 spiro atoms. The lowest BCUT2D eigenvalue weighted by molar-refractivity contribution is -0.0547. The van der Waals surface area contributed by atoms with Crippen LogP contribution in [-0.4, -0.2) is 64.1 Å². The number of hydrogen-bond donors (Lipinski definition) is 5. The maximum atomic E-state index is 13.9. The van der Waals surface area contributed by atoms with Gasteiger partial charge in [0.15, 0.2) is 12.0 Å². The van der Waals surface area contributed by atoms with Crippen LogP contribution in [0.1, 0.15) is 11.9 Å². The van der Waals surface area contributed by atoms with Crippen LogP contribution in [0.4, 0.5) is 4.39 Å². The molecule has 3 heterocycles. The van der Waals surface area contributed by atoms with Crippen LogP contribution in [0.3, 0.4) is 0 Å². The average Bonchev–Trinajstić information content (AvgIpc) is 3.31. The Balaban J connectivity index is 1.57. The molecule has 36 heavy (non-hydrogen) atoms. The van der Waals surface area contributed by atoms with Gasteiger partial charge in [0.25, 0.3) is 5.56 Å². The Morgan fingerprint density at radius 3 is 2.53 bits per heavy atom. The van der Waals surface area contributed by atoms with Crippen molar-refractivity contribution in [2.45, 2.75) is 31.1 Å². The van der Waals surface area contributed by atoms with Gasteiger partial charge < -0.3 is 34.2 Å². The maximum absolute atomic E-state index is 13.9. The Bertz CT molecular complexity index is 1500. The van der Waals surface area contributed by atoms with Gasteiger partial charge in [-0.05, 0) is 12.1 Å². The number of phosphoric ester groups is 1. The molecule has 196 valence electrons. The number of para-hydroxylation sites is 1. The van der Waals surface area contributed by atoms with E-state index in [-0.39, 0.29) is 16.7 Å². The van der Waals surface area contributed by atoms with Crippen LogP contribution >= 0.6 is 15.6 Å². The molecule has 5 atom stereocenters. The Hall–Kier alpha value is -2.56. The number of aliphatic hydroxyl groups excluding tert-OH is 2. The summed E-state index contributed by atoms with van der Waals surface area (Å²) in [6.07, 6.45) is -5.79. The van der Waals surface area contributed by atoms with Gasteiger partial charge in [-0.3, -0.25) is 18.5 Å². The van der Waals surface area contributed by atoms with Crippen molar-refractivity contribution in [2.75, 3.05) is 6.61 Å². The minimum absolute atomic E-state index is 0.0596. The number of halogens is 1. The Labute approximate surface area is 198 Å². The first-order valence-electron chi connectivity index (χ1n) is 9.88. The van der Waals surface area contributed by atoms with Crippen molar-refractivity contribution >= 4 is 26.6 Å². The van der Waals surface area contributed by atoms with Crippen molar-refractivity contribution in [1.82, 2.24) is 14.3 Å². The van der Waals surface area contributed by atoms with Crippen LogP contribution in [0.15, 0.2) is 44.6 Å². The number of ether oxygens (including phenoxy) is 1. The number of hydrogen-bond acceptors (Lipinski definition) is 11. The van der Waals surface area contributed by atoms with Crippen molar-refractivity contribution in [1.29, 1.82) is 0 Å². The Morgan fingerprint density at radius 1 is 1.11 bits per heavy atom. The largest absolute Gasteiger partial charge is 0.481 e. The van der Waals surface area contributed by atoms with E-state index in [0.717, 1.165) is 22.9 Å². The maximum Gasteiger partial charge on any atom is 0.481 e. The highest BCUT2D eigenvalue weighted by molar-refractivity contribution is 7.60. The zero-order chi connectivity index (χ0) is 26.4. The van der Waals surface area contributed by atoms with E-state index in [9.17, 15) is 38.2 Å². The molecule has 3 aromatic rings. The minimum Gasteiger partial charge on any atom is -0.387 e. The lowest BCUT2D eigenvalue weighted by atomic mass is 10.1. The number of rotatable bonds is 8. The lowest BCUT2D eigenvalue weighted by Crippen LogP contribution is -2.43. The zero-order valence-corrected chi connectivity index (χ0v) is 19.5. The fourth-order valence-corrected chi connectivity index (χ4v) is 5.13. The number of aromatic nitrogens is 3. The second-order valence-electron chi connectivity index (χ2n) is 7.56. The lowest BCUT2D eigenvalue weighted by Gasteiger charge is -2.19. The minimum atomic E-state index is -5.40. The zero-order valence-electron chi connectivity index (χ0n) is 17.7. The number of fused-ring (bicyclic) bond motifs is 1. The molecule has 1 aliphatic heterocycles. The third-order valence-corrected chi connectivity index (χ3v) is 7.30. The monoisotopic (exact) mass is 553 g/mol. The van der Waals surface area contributed by atoms with E-state index in [1.807, 2.05) is 0 Å². The van der Waals surface area contributed by atoms with Crippen molar-refractivity contribution in [3.8, 4) is 0 Å². The summed E-state index contributed by atoms with van der Waals surface area (Å²) in [7, 11) is -10.7. The highest BCUT2D eigenvalue weighted by Crippen LogP contribution is 2.57. The molecular weight excluding hydrogens is 535 g/mol. The van der Waals surface area contributed by atoms with E-state index in [1.165, 1.54) is 12.1 Å². The first-order chi connectivity index (χ1) is 16.8. The number of phosphoric acid groups is 2. The molecular formula is C17H18FN3O13P2. The second kappa shape index (κ2) is 9.72. The highest BCUT2D eigenvalue weighted by atomic mass is 31.3. The molecule has 16 nitrogen and oxygen atoms in total. The van der Waals surface area contributed by atoms with Gasteiger partial charge in [-0.25, -0.2) is 18.3 Å². The molecule has 19 heteroatoms. The van der Waals surface area contributed by atoms with Crippen LogP contribution in [-0.2, 0) is 29.2 Å². The van der Waals surface area contributed by atoms with E-state index in [0.29, 0.717) is 4.57 Å². The van der Waals surface area contributed by atoms with E-state index < -0.39 is 70.4 Å². The summed E-state index contributed by atoms with van der Waals surface area (Å²) in [5.41, 5.74) is -1.93. The molecule has 4 rings (SSSR count). The van der Waals surface area contributed by atoms with Gasteiger partial charge in [-0.15, -0.1) is 0 Å².